The topological polar surface area (TPSA) is 100 Å². The summed E-state index contributed by atoms with van der Waals surface area (Å²) in [5, 5.41) is 12.6. The predicted octanol–water partition coefficient (Wildman–Crippen LogP) is 4.45. The number of aryl methyl sites for hydroxylation is 1. The number of carboxylic acid groups (broad SMARTS) is 1. The largest absolute Gasteiger partial charge is 0.477 e. The molecule has 1 aliphatic heterocycles. The SMILES string of the molecule is Cc1c(N2C[C@H]3CCC[C@H](NC(=O)OC(C)(C)C)[C@H]3C2)c(F)cn2c(=O)c(C(=O)O)cc(C3CC3)c12. The minimum absolute atomic E-state index is 0.0461. The van der Waals surface area contributed by atoms with Gasteiger partial charge in [0.2, 0.25) is 0 Å². The zero-order chi connectivity index (χ0) is 25.9. The molecule has 3 atom stereocenters. The summed E-state index contributed by atoms with van der Waals surface area (Å²) >= 11 is 0. The minimum Gasteiger partial charge on any atom is -0.477 e. The molecule has 2 aromatic rings. The van der Waals surface area contributed by atoms with Crippen LogP contribution in [-0.2, 0) is 4.74 Å². The molecular formula is C27H34FN3O5. The third-order valence-electron chi connectivity index (χ3n) is 7.81. The zero-order valence-corrected chi connectivity index (χ0v) is 21.3. The number of halogens is 1. The van der Waals surface area contributed by atoms with E-state index in [2.05, 4.69) is 5.32 Å². The Kier molecular flexibility index (Phi) is 6.00. The molecule has 3 aliphatic rings. The van der Waals surface area contributed by atoms with Gasteiger partial charge in [0, 0.05) is 25.0 Å². The molecule has 8 nitrogen and oxygen atoms in total. The van der Waals surface area contributed by atoms with Crippen molar-refractivity contribution in [2.24, 2.45) is 11.8 Å². The summed E-state index contributed by atoms with van der Waals surface area (Å²) in [5.41, 5.74) is 0.903. The number of nitrogens with zero attached hydrogens (tertiary/aromatic N) is 2. The van der Waals surface area contributed by atoms with E-state index in [1.807, 2.05) is 32.6 Å². The number of carboxylic acids is 1. The molecule has 2 saturated carbocycles. The lowest BCUT2D eigenvalue weighted by atomic mass is 9.78. The van der Waals surface area contributed by atoms with Crippen molar-refractivity contribution in [2.45, 2.75) is 77.4 Å². The van der Waals surface area contributed by atoms with Crippen LogP contribution in [0.4, 0.5) is 14.9 Å². The van der Waals surface area contributed by atoms with Gasteiger partial charge in [0.15, 0.2) is 5.82 Å². The van der Waals surface area contributed by atoms with Gasteiger partial charge in [-0.05, 0) is 82.4 Å². The third-order valence-corrected chi connectivity index (χ3v) is 7.81. The molecule has 0 spiro atoms. The summed E-state index contributed by atoms with van der Waals surface area (Å²) in [6.07, 6.45) is 5.41. The Labute approximate surface area is 209 Å². The van der Waals surface area contributed by atoms with Crippen LogP contribution in [0.3, 0.4) is 0 Å². The number of carbonyl (C=O) groups is 2. The minimum atomic E-state index is -1.30. The number of nitrogens with one attached hydrogen (secondary N) is 1. The van der Waals surface area contributed by atoms with E-state index in [-0.39, 0.29) is 23.4 Å². The van der Waals surface area contributed by atoms with Crippen molar-refractivity contribution >= 4 is 23.3 Å². The van der Waals surface area contributed by atoms with Crippen LogP contribution in [0.1, 0.15) is 80.3 Å². The highest BCUT2D eigenvalue weighted by Crippen LogP contribution is 2.45. The number of alkyl carbamates (subject to hydrolysis) is 1. The molecule has 1 amide bonds. The zero-order valence-electron chi connectivity index (χ0n) is 21.3. The lowest BCUT2D eigenvalue weighted by Gasteiger charge is -2.33. The van der Waals surface area contributed by atoms with E-state index in [0.717, 1.165) is 43.9 Å². The predicted molar refractivity (Wildman–Crippen MR) is 133 cm³/mol. The fourth-order valence-electron chi connectivity index (χ4n) is 6.18. The summed E-state index contributed by atoms with van der Waals surface area (Å²) in [6, 6.07) is 1.44. The summed E-state index contributed by atoms with van der Waals surface area (Å²) in [7, 11) is 0. The van der Waals surface area contributed by atoms with E-state index in [4.69, 9.17) is 4.74 Å². The van der Waals surface area contributed by atoms with Crippen LogP contribution in [-0.4, -0.2) is 46.3 Å². The van der Waals surface area contributed by atoms with Gasteiger partial charge in [-0.2, -0.15) is 0 Å². The normalized spacial score (nSPS) is 24.0. The molecule has 2 aliphatic carbocycles. The third kappa shape index (κ3) is 4.44. The van der Waals surface area contributed by atoms with Crippen LogP contribution < -0.4 is 15.8 Å². The molecule has 3 heterocycles. The van der Waals surface area contributed by atoms with Crippen molar-refractivity contribution in [1.82, 2.24) is 9.72 Å². The number of rotatable bonds is 4. The van der Waals surface area contributed by atoms with Gasteiger partial charge in [0.05, 0.1) is 17.4 Å². The maximum Gasteiger partial charge on any atom is 0.407 e. The van der Waals surface area contributed by atoms with Crippen molar-refractivity contribution in [2.75, 3.05) is 18.0 Å². The average Bonchev–Trinajstić information content (AvgIpc) is 3.52. The number of aromatic nitrogens is 1. The van der Waals surface area contributed by atoms with Gasteiger partial charge in [-0.3, -0.25) is 9.20 Å². The molecule has 5 rings (SSSR count). The number of aromatic carboxylic acids is 1. The van der Waals surface area contributed by atoms with Gasteiger partial charge in [-0.1, -0.05) is 6.42 Å². The number of amides is 1. The van der Waals surface area contributed by atoms with Crippen LogP contribution >= 0.6 is 0 Å². The number of hydrogen-bond donors (Lipinski definition) is 2. The molecule has 194 valence electrons. The molecule has 0 unspecified atom stereocenters. The first-order valence-corrected chi connectivity index (χ1v) is 12.8. The van der Waals surface area contributed by atoms with Gasteiger partial charge in [-0.15, -0.1) is 0 Å². The Balaban J connectivity index is 1.50. The number of fused-ring (bicyclic) bond motifs is 2. The van der Waals surface area contributed by atoms with E-state index >= 15 is 4.39 Å². The number of pyridine rings is 2. The Morgan fingerprint density at radius 1 is 1.17 bits per heavy atom. The van der Waals surface area contributed by atoms with Crippen molar-refractivity contribution in [3.63, 3.8) is 0 Å². The maximum atomic E-state index is 15.6. The Bertz CT molecular complexity index is 1290. The lowest BCUT2D eigenvalue weighted by Crippen LogP contribution is -2.47. The lowest BCUT2D eigenvalue weighted by molar-refractivity contribution is 0.0461. The monoisotopic (exact) mass is 499 g/mol. The fraction of sp³-hybridized carbons (Fsp3) is 0.593. The van der Waals surface area contributed by atoms with Gasteiger partial charge in [0.1, 0.15) is 11.2 Å². The molecule has 0 bridgehead atoms. The molecular weight excluding hydrogens is 465 g/mol. The van der Waals surface area contributed by atoms with Crippen LogP contribution in [0, 0.1) is 24.6 Å². The Morgan fingerprint density at radius 3 is 2.53 bits per heavy atom. The molecule has 36 heavy (non-hydrogen) atoms. The summed E-state index contributed by atoms with van der Waals surface area (Å²) in [4.78, 5) is 39.1. The van der Waals surface area contributed by atoms with Gasteiger partial charge >= 0.3 is 12.1 Å². The second kappa shape index (κ2) is 8.78. The van der Waals surface area contributed by atoms with E-state index in [1.54, 1.807) is 0 Å². The van der Waals surface area contributed by atoms with Crippen LogP contribution in [0.15, 0.2) is 17.1 Å². The van der Waals surface area contributed by atoms with Gasteiger partial charge < -0.3 is 20.1 Å². The van der Waals surface area contributed by atoms with Gasteiger partial charge in [0.25, 0.3) is 5.56 Å². The molecule has 3 fully saturated rings. The highest BCUT2D eigenvalue weighted by Gasteiger charge is 2.42. The first kappa shape index (κ1) is 24.6. The Hall–Kier alpha value is -3.10. The van der Waals surface area contributed by atoms with Crippen molar-refractivity contribution in [3.05, 3.63) is 45.1 Å². The smallest absolute Gasteiger partial charge is 0.407 e. The van der Waals surface area contributed by atoms with E-state index in [0.29, 0.717) is 35.8 Å². The molecule has 2 aromatic heterocycles. The number of anilines is 1. The van der Waals surface area contributed by atoms with Crippen LogP contribution in [0.25, 0.3) is 5.52 Å². The molecule has 2 N–H and O–H groups in total. The van der Waals surface area contributed by atoms with Crippen molar-refractivity contribution in [3.8, 4) is 0 Å². The standard InChI is InChI=1S/C27H34FN3O5/c1-14-22-17(15-8-9-15)10-18(25(33)34)24(32)31(22)13-20(28)23(14)30-11-16-6-5-7-21(19(16)12-30)29-26(35)36-27(2,3)4/h10,13,15-16,19,21H,5-9,11-12H2,1-4H3,(H,29,35)(H,33,34)/t16-,19+,21+/m1/s1. The fourth-order valence-corrected chi connectivity index (χ4v) is 6.18. The number of ether oxygens (including phenoxy) is 1. The molecule has 1 saturated heterocycles. The van der Waals surface area contributed by atoms with Gasteiger partial charge in [-0.25, -0.2) is 14.0 Å². The van der Waals surface area contributed by atoms with E-state index < -0.39 is 29.0 Å². The van der Waals surface area contributed by atoms with E-state index in [9.17, 15) is 19.5 Å². The first-order valence-electron chi connectivity index (χ1n) is 12.8. The second-order valence-corrected chi connectivity index (χ2v) is 11.6. The highest BCUT2D eigenvalue weighted by atomic mass is 19.1. The molecule has 0 radical (unpaired) electrons. The summed E-state index contributed by atoms with van der Waals surface area (Å²) in [6.45, 7) is 8.58. The maximum absolute atomic E-state index is 15.6. The average molecular weight is 500 g/mol. The second-order valence-electron chi connectivity index (χ2n) is 11.6. The molecule has 9 heteroatoms. The van der Waals surface area contributed by atoms with Crippen molar-refractivity contribution < 1.29 is 23.8 Å². The first-order chi connectivity index (χ1) is 16.9. The quantitative estimate of drug-likeness (QED) is 0.645. The van der Waals surface area contributed by atoms with Crippen molar-refractivity contribution in [1.29, 1.82) is 0 Å². The summed E-state index contributed by atoms with van der Waals surface area (Å²) < 4.78 is 22.3. The van der Waals surface area contributed by atoms with Crippen LogP contribution in [0.5, 0.6) is 0 Å². The highest BCUT2D eigenvalue weighted by molar-refractivity contribution is 5.89. The van der Waals surface area contributed by atoms with E-state index in [1.165, 1.54) is 10.5 Å². The number of hydrogen-bond acceptors (Lipinski definition) is 5. The molecule has 0 aromatic carbocycles. The number of carbonyl (C=O) groups excluding carboxylic acids is 1. The van der Waals surface area contributed by atoms with Crippen LogP contribution in [0.2, 0.25) is 0 Å². The Morgan fingerprint density at radius 2 is 1.89 bits per heavy atom. The summed E-state index contributed by atoms with van der Waals surface area (Å²) in [5.74, 6) is -1.18.